The Morgan fingerprint density at radius 3 is 2.62 bits per heavy atom. The number of hydrogen-bond donors (Lipinski definition) is 1. The number of methoxy groups -OCH3 is 2. The minimum absolute atomic E-state index is 0.515. The van der Waals surface area contributed by atoms with E-state index in [0.29, 0.717) is 5.92 Å². The number of rotatable bonds is 8. The molecule has 4 heteroatoms. The summed E-state index contributed by atoms with van der Waals surface area (Å²) in [5, 5.41) is 1.23. The molecule has 0 bridgehead atoms. The zero-order chi connectivity index (χ0) is 20.1. The lowest BCUT2D eigenvalue weighted by Gasteiger charge is -2.29. The summed E-state index contributed by atoms with van der Waals surface area (Å²) in [6.45, 7) is 3.32. The maximum Gasteiger partial charge on any atom is 0.162 e. The molecule has 0 spiro atoms. The van der Waals surface area contributed by atoms with Gasteiger partial charge < -0.3 is 14.5 Å². The number of fused-ring (bicyclic) bond motifs is 1. The number of unbranched alkanes of at least 4 members (excludes halogenated alkanes) is 1. The van der Waals surface area contributed by atoms with Crippen molar-refractivity contribution in [3.8, 4) is 11.5 Å². The van der Waals surface area contributed by atoms with Crippen LogP contribution >= 0.6 is 0 Å². The van der Waals surface area contributed by atoms with Gasteiger partial charge in [-0.1, -0.05) is 42.5 Å². The van der Waals surface area contributed by atoms with Crippen LogP contribution in [0.1, 0.15) is 29.9 Å². The van der Waals surface area contributed by atoms with Crippen molar-refractivity contribution >= 4 is 10.9 Å². The zero-order valence-corrected chi connectivity index (χ0v) is 17.4. The van der Waals surface area contributed by atoms with Crippen molar-refractivity contribution in [2.24, 2.45) is 0 Å². The Hall–Kier alpha value is -2.72. The number of benzene rings is 2. The first-order valence-electron chi connectivity index (χ1n) is 10.4. The average Bonchev–Trinajstić information content (AvgIpc) is 3.18. The third-order valence-electron chi connectivity index (χ3n) is 5.86. The van der Waals surface area contributed by atoms with Crippen molar-refractivity contribution in [1.29, 1.82) is 0 Å². The summed E-state index contributed by atoms with van der Waals surface area (Å²) < 4.78 is 10.9. The van der Waals surface area contributed by atoms with Gasteiger partial charge >= 0.3 is 0 Å². The number of nitrogens with one attached hydrogen (secondary N) is 1. The molecule has 152 valence electrons. The number of aryl methyl sites for hydroxylation is 1. The summed E-state index contributed by atoms with van der Waals surface area (Å²) in [6, 6.07) is 14.9. The van der Waals surface area contributed by atoms with Gasteiger partial charge in [-0.05, 0) is 43.0 Å². The van der Waals surface area contributed by atoms with Gasteiger partial charge in [0.25, 0.3) is 0 Å². The Labute approximate surface area is 173 Å². The van der Waals surface area contributed by atoms with E-state index < -0.39 is 0 Å². The lowest BCUT2D eigenvalue weighted by molar-refractivity contribution is 0.278. The topological polar surface area (TPSA) is 37.5 Å². The van der Waals surface area contributed by atoms with Gasteiger partial charge in [-0.2, -0.15) is 0 Å². The van der Waals surface area contributed by atoms with Crippen LogP contribution < -0.4 is 9.47 Å². The molecule has 1 unspecified atom stereocenters. The molecule has 4 nitrogen and oxygen atoms in total. The van der Waals surface area contributed by atoms with E-state index in [0.717, 1.165) is 43.1 Å². The molecule has 0 radical (unpaired) electrons. The van der Waals surface area contributed by atoms with E-state index in [1.54, 1.807) is 14.2 Å². The third-order valence-corrected chi connectivity index (χ3v) is 5.86. The Balaban J connectivity index is 1.31. The van der Waals surface area contributed by atoms with E-state index in [4.69, 9.17) is 9.47 Å². The minimum atomic E-state index is 0.515. The molecule has 0 amide bonds. The number of ether oxygens (including phenoxy) is 2. The molecule has 0 aliphatic carbocycles. The predicted molar refractivity (Wildman–Crippen MR) is 119 cm³/mol. The van der Waals surface area contributed by atoms with Gasteiger partial charge in [0.15, 0.2) is 11.5 Å². The molecule has 1 aliphatic rings. The van der Waals surface area contributed by atoms with E-state index in [2.05, 4.69) is 64.6 Å². The first kappa shape index (κ1) is 19.6. The van der Waals surface area contributed by atoms with Gasteiger partial charge in [-0.15, -0.1) is 0 Å². The van der Waals surface area contributed by atoms with Gasteiger partial charge in [0, 0.05) is 42.2 Å². The standard InChI is InChI=1S/C25H30N2O2/c1-28-24-15-22-20(17-26-23(22)16-25(24)29-2)11-6-7-13-27-14-8-12-21(18-27)19-9-4-3-5-10-19/h3-5,8-10,12,15-17,21,26H,6-7,11,13-14,18H2,1-2H3. The second-order valence-corrected chi connectivity index (χ2v) is 7.73. The highest BCUT2D eigenvalue weighted by Gasteiger charge is 2.16. The summed E-state index contributed by atoms with van der Waals surface area (Å²) >= 11 is 0. The molecular weight excluding hydrogens is 360 g/mol. The van der Waals surface area contributed by atoms with Gasteiger partial charge in [-0.25, -0.2) is 0 Å². The van der Waals surface area contributed by atoms with E-state index in [9.17, 15) is 0 Å². The zero-order valence-electron chi connectivity index (χ0n) is 17.4. The van der Waals surface area contributed by atoms with Crippen LogP contribution in [0.3, 0.4) is 0 Å². The molecular formula is C25H30N2O2. The fraction of sp³-hybridized carbons (Fsp3) is 0.360. The molecule has 1 N–H and O–H groups in total. The highest BCUT2D eigenvalue weighted by Crippen LogP contribution is 2.33. The monoisotopic (exact) mass is 390 g/mol. The third kappa shape index (κ3) is 4.48. The van der Waals surface area contributed by atoms with Crippen LogP contribution in [-0.4, -0.2) is 43.7 Å². The van der Waals surface area contributed by atoms with Gasteiger partial charge in [0.05, 0.1) is 14.2 Å². The first-order valence-corrected chi connectivity index (χ1v) is 10.4. The van der Waals surface area contributed by atoms with Crippen LogP contribution in [0.5, 0.6) is 11.5 Å². The van der Waals surface area contributed by atoms with Crippen molar-refractivity contribution in [1.82, 2.24) is 9.88 Å². The van der Waals surface area contributed by atoms with Gasteiger partial charge in [-0.3, -0.25) is 4.90 Å². The highest BCUT2D eigenvalue weighted by atomic mass is 16.5. The summed E-state index contributed by atoms with van der Waals surface area (Å²) in [6.07, 6.45) is 10.3. The minimum Gasteiger partial charge on any atom is -0.493 e. The Morgan fingerprint density at radius 2 is 1.83 bits per heavy atom. The lowest BCUT2D eigenvalue weighted by Crippen LogP contribution is -2.32. The Bertz CT molecular complexity index is 962. The molecule has 2 heterocycles. The normalized spacial score (nSPS) is 17.0. The highest BCUT2D eigenvalue weighted by molar-refractivity contribution is 5.86. The number of aromatic amines is 1. The molecule has 3 aromatic rings. The number of nitrogens with zero attached hydrogens (tertiary/aromatic N) is 1. The Kier molecular flexibility index (Phi) is 6.20. The lowest BCUT2D eigenvalue weighted by atomic mass is 9.95. The van der Waals surface area contributed by atoms with Crippen LogP contribution in [0.2, 0.25) is 0 Å². The molecule has 29 heavy (non-hydrogen) atoms. The predicted octanol–water partition coefficient (Wildman–Crippen LogP) is 5.16. The van der Waals surface area contributed by atoms with Crippen LogP contribution in [0, 0.1) is 0 Å². The SMILES string of the molecule is COc1cc2[nH]cc(CCCCN3CC=CC(c4ccccc4)C3)c2cc1OC. The molecule has 1 atom stereocenters. The summed E-state index contributed by atoms with van der Waals surface area (Å²) in [5.74, 6) is 2.06. The summed E-state index contributed by atoms with van der Waals surface area (Å²) in [7, 11) is 3.36. The fourth-order valence-electron chi connectivity index (χ4n) is 4.25. The maximum atomic E-state index is 5.47. The Morgan fingerprint density at radius 1 is 1.03 bits per heavy atom. The second-order valence-electron chi connectivity index (χ2n) is 7.73. The molecule has 1 aliphatic heterocycles. The van der Waals surface area contributed by atoms with Crippen LogP contribution in [0.4, 0.5) is 0 Å². The summed E-state index contributed by atoms with van der Waals surface area (Å²) in [5.41, 5.74) is 3.86. The maximum absolute atomic E-state index is 5.47. The first-order chi connectivity index (χ1) is 14.3. The molecule has 1 aromatic heterocycles. The van der Waals surface area contributed by atoms with E-state index >= 15 is 0 Å². The van der Waals surface area contributed by atoms with E-state index in [-0.39, 0.29) is 0 Å². The molecule has 0 saturated heterocycles. The summed E-state index contributed by atoms with van der Waals surface area (Å²) in [4.78, 5) is 5.94. The van der Waals surface area contributed by atoms with E-state index in [1.165, 1.54) is 29.4 Å². The second kappa shape index (κ2) is 9.19. The van der Waals surface area contributed by atoms with Crippen molar-refractivity contribution in [3.05, 3.63) is 71.9 Å². The van der Waals surface area contributed by atoms with Gasteiger partial charge in [0.1, 0.15) is 0 Å². The number of hydrogen-bond acceptors (Lipinski definition) is 3. The van der Waals surface area contributed by atoms with Crippen molar-refractivity contribution in [2.45, 2.75) is 25.2 Å². The van der Waals surface area contributed by atoms with Gasteiger partial charge in [0.2, 0.25) is 0 Å². The van der Waals surface area contributed by atoms with Crippen molar-refractivity contribution in [2.75, 3.05) is 33.9 Å². The van der Waals surface area contributed by atoms with Crippen LogP contribution in [-0.2, 0) is 6.42 Å². The number of H-pyrrole nitrogens is 1. The van der Waals surface area contributed by atoms with Crippen LogP contribution in [0.25, 0.3) is 10.9 Å². The average molecular weight is 391 g/mol. The molecule has 2 aromatic carbocycles. The van der Waals surface area contributed by atoms with Crippen molar-refractivity contribution in [3.63, 3.8) is 0 Å². The molecule has 0 saturated carbocycles. The quantitative estimate of drug-likeness (QED) is 0.426. The molecule has 4 rings (SSSR count). The largest absolute Gasteiger partial charge is 0.493 e. The smallest absolute Gasteiger partial charge is 0.162 e. The van der Waals surface area contributed by atoms with Crippen LogP contribution in [0.15, 0.2) is 60.8 Å². The fourth-order valence-corrected chi connectivity index (χ4v) is 4.25. The van der Waals surface area contributed by atoms with Crippen molar-refractivity contribution < 1.29 is 9.47 Å². The van der Waals surface area contributed by atoms with E-state index in [1.807, 2.05) is 6.07 Å². The molecule has 0 fully saturated rings. The number of aromatic nitrogens is 1.